The molecule has 8 heteroatoms. The Labute approximate surface area is 200 Å². The van der Waals surface area contributed by atoms with E-state index >= 15 is 4.39 Å². The number of ether oxygens (including phenoxy) is 1. The summed E-state index contributed by atoms with van der Waals surface area (Å²) in [7, 11) is 1.49. The Morgan fingerprint density at radius 1 is 0.970 bits per heavy atom. The molecule has 0 spiro atoms. The number of anilines is 1. The minimum Gasteiger partial charge on any atom is -0.467 e. The third kappa shape index (κ3) is 3.39. The lowest BCUT2D eigenvalue weighted by Gasteiger charge is -2.34. The van der Waals surface area contributed by atoms with Gasteiger partial charge in [0.25, 0.3) is 0 Å². The lowest BCUT2D eigenvalue weighted by molar-refractivity contribution is 0.380. The zero-order valence-electron chi connectivity index (χ0n) is 17.9. The highest BCUT2D eigenvalue weighted by molar-refractivity contribution is 6.37. The van der Waals surface area contributed by atoms with Crippen molar-refractivity contribution in [2.75, 3.05) is 25.1 Å². The number of fused-ring (bicyclic) bond motifs is 4. The fraction of sp³-hybridized carbons (Fsp3) is 0.280. The lowest BCUT2D eigenvalue weighted by atomic mass is 9.96. The molecule has 6 rings (SSSR count). The maximum atomic E-state index is 16.2. The van der Waals surface area contributed by atoms with Crippen molar-refractivity contribution in [2.45, 2.75) is 24.9 Å². The van der Waals surface area contributed by atoms with Gasteiger partial charge in [0.05, 0.1) is 12.1 Å². The summed E-state index contributed by atoms with van der Waals surface area (Å²) in [4.78, 5) is 11.2. The minimum atomic E-state index is -0.495. The predicted octanol–water partition coefficient (Wildman–Crippen LogP) is 5.85. The molecule has 2 fully saturated rings. The summed E-state index contributed by atoms with van der Waals surface area (Å²) in [6.45, 7) is 1.60. The van der Waals surface area contributed by atoms with Gasteiger partial charge in [0, 0.05) is 46.5 Å². The number of piperazine rings is 1. The van der Waals surface area contributed by atoms with Gasteiger partial charge in [0.15, 0.2) is 5.82 Å². The molecule has 168 valence electrons. The van der Waals surface area contributed by atoms with Crippen LogP contribution in [0.1, 0.15) is 12.8 Å². The summed E-state index contributed by atoms with van der Waals surface area (Å²) in [5.74, 6) is 0.161. The van der Waals surface area contributed by atoms with Gasteiger partial charge in [-0.25, -0.2) is 4.39 Å². The zero-order valence-corrected chi connectivity index (χ0v) is 19.4. The number of benzene rings is 3. The van der Waals surface area contributed by atoms with Gasteiger partial charge in [-0.1, -0.05) is 53.5 Å². The summed E-state index contributed by atoms with van der Waals surface area (Å²) < 4.78 is 21.5. The largest absolute Gasteiger partial charge is 0.467 e. The smallest absolute Gasteiger partial charge is 0.318 e. The first-order chi connectivity index (χ1) is 16.0. The third-order valence-electron chi connectivity index (χ3n) is 6.68. The molecule has 3 heterocycles. The first-order valence-electron chi connectivity index (χ1n) is 11.0. The highest BCUT2D eigenvalue weighted by Gasteiger charge is 2.34. The second-order valence-electron chi connectivity index (χ2n) is 8.66. The van der Waals surface area contributed by atoms with Crippen LogP contribution >= 0.6 is 23.2 Å². The van der Waals surface area contributed by atoms with Gasteiger partial charge in [-0.2, -0.15) is 9.97 Å². The molecule has 4 aromatic rings. The summed E-state index contributed by atoms with van der Waals surface area (Å²) in [6.07, 6.45) is 2.26. The molecule has 0 radical (unpaired) electrons. The molecule has 1 aromatic heterocycles. The molecule has 0 amide bonds. The summed E-state index contributed by atoms with van der Waals surface area (Å²) in [5, 5.41) is 6.77. The van der Waals surface area contributed by atoms with Crippen LogP contribution < -0.4 is 15.0 Å². The fourth-order valence-electron chi connectivity index (χ4n) is 5.19. The number of nitrogens with one attached hydrogen (secondary N) is 1. The van der Waals surface area contributed by atoms with Crippen molar-refractivity contribution in [3.05, 3.63) is 58.3 Å². The summed E-state index contributed by atoms with van der Waals surface area (Å²) in [5.41, 5.74) is 1.16. The van der Waals surface area contributed by atoms with E-state index in [2.05, 4.69) is 20.2 Å². The Morgan fingerprint density at radius 2 is 1.70 bits per heavy atom. The van der Waals surface area contributed by atoms with Crippen molar-refractivity contribution in [1.29, 1.82) is 0 Å². The first-order valence-corrected chi connectivity index (χ1v) is 11.7. The van der Waals surface area contributed by atoms with Crippen molar-refractivity contribution in [3.8, 4) is 17.1 Å². The Kier molecular flexibility index (Phi) is 5.05. The fourth-order valence-corrected chi connectivity index (χ4v) is 5.71. The Balaban J connectivity index is 1.59. The van der Waals surface area contributed by atoms with Crippen molar-refractivity contribution in [2.24, 2.45) is 0 Å². The van der Waals surface area contributed by atoms with Gasteiger partial charge in [-0.3, -0.25) is 0 Å². The Hall–Kier alpha value is -2.67. The number of rotatable bonds is 3. The summed E-state index contributed by atoms with van der Waals surface area (Å²) in [6, 6.07) is 13.9. The normalized spacial score (nSPS) is 20.1. The highest BCUT2D eigenvalue weighted by Crippen LogP contribution is 2.42. The molecule has 1 N–H and O–H groups in total. The molecule has 5 nitrogen and oxygen atoms in total. The standard InChI is InChI=1S/C25H21Cl2FN4O/c1-33-25-30-23-18(24(31-25)32-11-13-6-7-14(12-32)29-13)10-20(27)21(22(23)28)17-8-9-19(26)16-5-3-2-4-15(16)17/h2-5,8-10,13-14,29H,6-7,11-12H2,1H3. The van der Waals surface area contributed by atoms with Crippen LogP contribution in [0.15, 0.2) is 42.5 Å². The maximum Gasteiger partial charge on any atom is 0.318 e. The van der Waals surface area contributed by atoms with E-state index in [4.69, 9.17) is 27.9 Å². The first kappa shape index (κ1) is 20.9. The van der Waals surface area contributed by atoms with Crippen molar-refractivity contribution >= 4 is 50.7 Å². The van der Waals surface area contributed by atoms with Gasteiger partial charge in [-0.05, 0) is 35.9 Å². The number of aromatic nitrogens is 2. The summed E-state index contributed by atoms with van der Waals surface area (Å²) >= 11 is 13.1. The van der Waals surface area contributed by atoms with E-state index in [0.29, 0.717) is 44.5 Å². The van der Waals surface area contributed by atoms with Gasteiger partial charge in [-0.15, -0.1) is 0 Å². The van der Waals surface area contributed by atoms with E-state index in [0.717, 1.165) is 36.7 Å². The quantitative estimate of drug-likeness (QED) is 0.397. The van der Waals surface area contributed by atoms with E-state index in [1.165, 1.54) is 7.11 Å². The van der Waals surface area contributed by atoms with Gasteiger partial charge in [0.1, 0.15) is 11.3 Å². The maximum absolute atomic E-state index is 16.2. The Morgan fingerprint density at radius 3 is 2.42 bits per heavy atom. The van der Waals surface area contributed by atoms with Crippen LogP contribution in [0.5, 0.6) is 6.01 Å². The second-order valence-corrected chi connectivity index (χ2v) is 9.48. The molecule has 2 atom stereocenters. The second kappa shape index (κ2) is 7.97. The van der Waals surface area contributed by atoms with Gasteiger partial charge >= 0.3 is 6.01 Å². The number of hydrogen-bond acceptors (Lipinski definition) is 5. The van der Waals surface area contributed by atoms with E-state index < -0.39 is 5.82 Å². The van der Waals surface area contributed by atoms with Crippen molar-refractivity contribution in [1.82, 2.24) is 15.3 Å². The van der Waals surface area contributed by atoms with E-state index in [1.54, 1.807) is 18.2 Å². The average Bonchev–Trinajstić information content (AvgIpc) is 3.17. The molecule has 33 heavy (non-hydrogen) atoms. The van der Waals surface area contributed by atoms with Crippen LogP contribution in [0.4, 0.5) is 10.2 Å². The molecule has 2 bridgehead atoms. The topological polar surface area (TPSA) is 50.3 Å². The number of methoxy groups -OCH3 is 1. The third-order valence-corrected chi connectivity index (χ3v) is 7.31. The monoisotopic (exact) mass is 482 g/mol. The predicted molar refractivity (Wildman–Crippen MR) is 131 cm³/mol. The molecular formula is C25H21Cl2FN4O. The van der Waals surface area contributed by atoms with E-state index in [9.17, 15) is 0 Å². The Bertz CT molecular complexity index is 1400. The van der Waals surface area contributed by atoms with Crippen LogP contribution in [0.3, 0.4) is 0 Å². The molecule has 3 aromatic carbocycles. The zero-order chi connectivity index (χ0) is 22.7. The molecule has 0 aliphatic carbocycles. The number of hydrogen-bond donors (Lipinski definition) is 1. The molecule has 2 aliphatic rings. The van der Waals surface area contributed by atoms with Crippen molar-refractivity contribution < 1.29 is 9.13 Å². The average molecular weight is 483 g/mol. The van der Waals surface area contributed by atoms with E-state index in [-0.39, 0.29) is 11.5 Å². The molecule has 2 aliphatic heterocycles. The van der Waals surface area contributed by atoms with Gasteiger partial charge < -0.3 is 15.0 Å². The molecule has 0 saturated carbocycles. The molecule has 2 unspecified atom stereocenters. The van der Waals surface area contributed by atoms with E-state index in [1.807, 2.05) is 24.3 Å². The molecular weight excluding hydrogens is 462 g/mol. The highest BCUT2D eigenvalue weighted by atomic mass is 35.5. The van der Waals surface area contributed by atoms with Crippen molar-refractivity contribution in [3.63, 3.8) is 0 Å². The van der Waals surface area contributed by atoms with Crippen LogP contribution in [0.25, 0.3) is 32.8 Å². The number of halogens is 3. The lowest BCUT2D eigenvalue weighted by Crippen LogP contribution is -2.51. The number of nitrogens with zero attached hydrogens (tertiary/aromatic N) is 3. The van der Waals surface area contributed by atoms with Crippen LogP contribution in [-0.4, -0.2) is 42.3 Å². The SMILES string of the molecule is COc1nc(N2CC3CCC(C2)N3)c2cc(Cl)c(-c3ccc(Cl)c4ccccc34)c(F)c2n1. The van der Waals surface area contributed by atoms with Crippen LogP contribution in [0, 0.1) is 5.82 Å². The van der Waals surface area contributed by atoms with Crippen LogP contribution in [0.2, 0.25) is 10.0 Å². The minimum absolute atomic E-state index is 0.136. The molecule has 2 saturated heterocycles. The van der Waals surface area contributed by atoms with Gasteiger partial charge in [0.2, 0.25) is 0 Å². The van der Waals surface area contributed by atoms with Crippen LogP contribution in [-0.2, 0) is 0 Å².